The van der Waals surface area contributed by atoms with Gasteiger partial charge in [0.2, 0.25) is 11.0 Å². The Morgan fingerprint density at radius 1 is 1.17 bits per heavy atom. The minimum atomic E-state index is -0.460. The summed E-state index contributed by atoms with van der Waals surface area (Å²) in [6, 6.07) is 6.54. The van der Waals surface area contributed by atoms with E-state index in [0.29, 0.717) is 22.2 Å². The summed E-state index contributed by atoms with van der Waals surface area (Å²) in [5, 5.41) is 11.9. The number of hydrogen-bond acceptors (Lipinski definition) is 6. The molecule has 1 N–H and O–H groups in total. The molecule has 2 aromatic rings. The van der Waals surface area contributed by atoms with E-state index in [2.05, 4.69) is 15.5 Å². The molecule has 1 saturated carbocycles. The number of anilines is 1. The summed E-state index contributed by atoms with van der Waals surface area (Å²) in [4.78, 5) is 37.4. The summed E-state index contributed by atoms with van der Waals surface area (Å²) in [5.74, 6) is -0.888. The first-order valence-corrected chi connectivity index (χ1v) is 8.03. The zero-order valence-corrected chi connectivity index (χ0v) is 12.8. The van der Waals surface area contributed by atoms with Crippen LogP contribution >= 0.6 is 11.3 Å². The Morgan fingerprint density at radius 3 is 2.43 bits per heavy atom. The Bertz CT molecular complexity index is 793. The molecule has 3 amide bonds. The molecule has 0 bridgehead atoms. The second-order valence-electron chi connectivity index (χ2n) is 5.51. The topological polar surface area (TPSA) is 92.3 Å². The Labute approximate surface area is 135 Å². The molecule has 1 fully saturated rings. The van der Waals surface area contributed by atoms with Crippen LogP contribution in [-0.2, 0) is 4.79 Å². The molecule has 0 atom stereocenters. The van der Waals surface area contributed by atoms with E-state index in [1.54, 1.807) is 24.3 Å². The Kier molecular flexibility index (Phi) is 3.19. The Morgan fingerprint density at radius 2 is 1.83 bits per heavy atom. The third-order valence-corrected chi connectivity index (χ3v) is 4.79. The molecule has 0 unspecified atom stereocenters. The summed E-state index contributed by atoms with van der Waals surface area (Å²) in [5.41, 5.74) is 0.662. The van der Waals surface area contributed by atoms with Gasteiger partial charge in [0.25, 0.3) is 11.8 Å². The van der Waals surface area contributed by atoms with Crippen molar-refractivity contribution >= 4 is 34.2 Å². The van der Waals surface area contributed by atoms with Crippen molar-refractivity contribution in [2.75, 3.05) is 11.9 Å². The highest BCUT2D eigenvalue weighted by molar-refractivity contribution is 7.15. The number of hydrogen-bond donors (Lipinski definition) is 1. The summed E-state index contributed by atoms with van der Waals surface area (Å²) < 4.78 is 0. The molecule has 1 aromatic carbocycles. The van der Waals surface area contributed by atoms with Gasteiger partial charge in [-0.15, -0.1) is 10.2 Å². The molecule has 2 heterocycles. The number of carbonyl (C=O) groups is 3. The highest BCUT2D eigenvalue weighted by Gasteiger charge is 2.36. The molecule has 8 heteroatoms. The van der Waals surface area contributed by atoms with Gasteiger partial charge in [-0.1, -0.05) is 23.5 Å². The van der Waals surface area contributed by atoms with E-state index in [1.807, 2.05) is 0 Å². The molecular formula is C15H12N4O3S. The van der Waals surface area contributed by atoms with Crippen molar-refractivity contribution < 1.29 is 14.4 Å². The third-order valence-electron chi connectivity index (χ3n) is 3.79. The van der Waals surface area contributed by atoms with Gasteiger partial charge in [0.1, 0.15) is 11.6 Å². The van der Waals surface area contributed by atoms with Gasteiger partial charge in [-0.25, -0.2) is 0 Å². The predicted octanol–water partition coefficient (Wildman–Crippen LogP) is 1.65. The lowest BCUT2D eigenvalue weighted by Gasteiger charge is -2.12. The summed E-state index contributed by atoms with van der Waals surface area (Å²) in [6.45, 7) is -0.329. The molecule has 0 saturated heterocycles. The smallest absolute Gasteiger partial charge is 0.262 e. The number of benzene rings is 1. The summed E-state index contributed by atoms with van der Waals surface area (Å²) in [7, 11) is 0. The van der Waals surface area contributed by atoms with Crippen LogP contribution in [0.5, 0.6) is 0 Å². The quantitative estimate of drug-likeness (QED) is 0.862. The number of fused-ring (bicyclic) bond motifs is 1. The van der Waals surface area contributed by atoms with Gasteiger partial charge in [0.05, 0.1) is 11.1 Å². The lowest BCUT2D eigenvalue weighted by Crippen LogP contribution is -2.37. The Balaban J connectivity index is 1.44. The average molecular weight is 328 g/mol. The molecule has 1 aliphatic heterocycles. The normalized spacial score (nSPS) is 16.6. The van der Waals surface area contributed by atoms with E-state index >= 15 is 0 Å². The van der Waals surface area contributed by atoms with Crippen LogP contribution < -0.4 is 5.32 Å². The number of rotatable bonds is 4. The van der Waals surface area contributed by atoms with Crippen molar-refractivity contribution in [1.82, 2.24) is 15.1 Å². The molecular weight excluding hydrogens is 316 g/mol. The lowest BCUT2D eigenvalue weighted by atomic mass is 10.1. The van der Waals surface area contributed by atoms with Crippen LogP contribution in [-0.4, -0.2) is 39.4 Å². The predicted molar refractivity (Wildman–Crippen MR) is 82.3 cm³/mol. The molecule has 1 aromatic heterocycles. The standard InChI is InChI=1S/C15H12N4O3S/c20-11(16-15-18-17-12(23-15)8-5-6-8)7-19-13(21)9-3-1-2-4-10(9)14(19)22/h1-4,8H,5-7H2,(H,16,18,20). The molecule has 0 spiro atoms. The van der Waals surface area contributed by atoms with Crippen molar-refractivity contribution in [1.29, 1.82) is 0 Å². The fraction of sp³-hybridized carbons (Fsp3) is 0.267. The first-order valence-electron chi connectivity index (χ1n) is 7.22. The number of imide groups is 1. The molecule has 0 radical (unpaired) electrons. The number of aromatic nitrogens is 2. The second-order valence-corrected chi connectivity index (χ2v) is 6.52. The van der Waals surface area contributed by atoms with Crippen LogP contribution in [0.25, 0.3) is 0 Å². The van der Waals surface area contributed by atoms with Crippen molar-refractivity contribution in [3.63, 3.8) is 0 Å². The summed E-state index contributed by atoms with van der Waals surface area (Å²) >= 11 is 1.34. The van der Waals surface area contributed by atoms with Gasteiger partial charge >= 0.3 is 0 Å². The van der Waals surface area contributed by atoms with Crippen LogP contribution in [0.2, 0.25) is 0 Å². The number of carbonyl (C=O) groups excluding carboxylic acids is 3. The zero-order valence-electron chi connectivity index (χ0n) is 12.0. The lowest BCUT2D eigenvalue weighted by molar-refractivity contribution is -0.116. The molecule has 2 aliphatic rings. The largest absolute Gasteiger partial charge is 0.299 e. The van der Waals surface area contributed by atoms with E-state index < -0.39 is 17.7 Å². The third kappa shape index (κ3) is 2.50. The van der Waals surface area contributed by atoms with Crippen molar-refractivity contribution in [3.8, 4) is 0 Å². The van der Waals surface area contributed by atoms with Gasteiger partial charge in [0, 0.05) is 5.92 Å². The highest BCUT2D eigenvalue weighted by atomic mass is 32.1. The van der Waals surface area contributed by atoms with Crippen molar-refractivity contribution in [3.05, 3.63) is 40.4 Å². The molecule has 4 rings (SSSR count). The maximum absolute atomic E-state index is 12.2. The minimum absolute atomic E-state index is 0.329. The van der Waals surface area contributed by atoms with Crippen LogP contribution in [0.4, 0.5) is 5.13 Å². The van der Waals surface area contributed by atoms with Gasteiger partial charge in [-0.05, 0) is 25.0 Å². The van der Waals surface area contributed by atoms with Crippen LogP contribution in [0.15, 0.2) is 24.3 Å². The van der Waals surface area contributed by atoms with Crippen molar-refractivity contribution in [2.24, 2.45) is 0 Å². The monoisotopic (exact) mass is 328 g/mol. The molecule has 116 valence electrons. The second kappa shape index (κ2) is 5.24. The fourth-order valence-corrected chi connectivity index (χ4v) is 3.39. The summed E-state index contributed by atoms with van der Waals surface area (Å²) in [6.07, 6.45) is 2.22. The van der Waals surface area contributed by atoms with Gasteiger partial charge in [0.15, 0.2) is 0 Å². The van der Waals surface area contributed by atoms with Gasteiger partial charge < -0.3 is 0 Å². The number of amides is 3. The van der Waals surface area contributed by atoms with E-state index in [0.717, 1.165) is 22.7 Å². The Hall–Kier alpha value is -2.61. The average Bonchev–Trinajstić information content (AvgIpc) is 3.26. The highest BCUT2D eigenvalue weighted by Crippen LogP contribution is 2.42. The zero-order chi connectivity index (χ0) is 16.0. The molecule has 1 aliphatic carbocycles. The van der Waals surface area contributed by atoms with Crippen LogP contribution in [0.3, 0.4) is 0 Å². The maximum Gasteiger partial charge on any atom is 0.262 e. The van der Waals surface area contributed by atoms with E-state index in [-0.39, 0.29) is 6.54 Å². The van der Waals surface area contributed by atoms with E-state index in [4.69, 9.17) is 0 Å². The fourth-order valence-electron chi connectivity index (χ4n) is 2.47. The van der Waals surface area contributed by atoms with E-state index in [9.17, 15) is 14.4 Å². The molecule has 23 heavy (non-hydrogen) atoms. The van der Waals surface area contributed by atoms with Gasteiger partial charge in [-0.3, -0.25) is 24.6 Å². The minimum Gasteiger partial charge on any atom is -0.299 e. The number of nitrogens with one attached hydrogen (secondary N) is 1. The van der Waals surface area contributed by atoms with Crippen LogP contribution in [0, 0.1) is 0 Å². The first-order chi connectivity index (χ1) is 11.1. The maximum atomic E-state index is 12.2. The first kappa shape index (κ1) is 14.0. The number of nitrogens with zero attached hydrogens (tertiary/aromatic N) is 3. The van der Waals surface area contributed by atoms with Crippen LogP contribution in [0.1, 0.15) is 44.5 Å². The SMILES string of the molecule is O=C(CN1C(=O)c2ccccc2C1=O)Nc1nnc(C2CC2)s1. The van der Waals surface area contributed by atoms with Crippen molar-refractivity contribution in [2.45, 2.75) is 18.8 Å². The van der Waals surface area contributed by atoms with E-state index in [1.165, 1.54) is 11.3 Å². The molecule has 7 nitrogen and oxygen atoms in total. The van der Waals surface area contributed by atoms with Gasteiger partial charge in [-0.2, -0.15) is 0 Å².